The number of benzene rings is 1. The van der Waals surface area contributed by atoms with Crippen LogP contribution in [0.2, 0.25) is 0 Å². The molecule has 0 spiro atoms. The highest BCUT2D eigenvalue weighted by molar-refractivity contribution is 6.00. The molecule has 0 aromatic heterocycles. The Labute approximate surface area is 116 Å². The van der Waals surface area contributed by atoms with Crippen LogP contribution >= 0.6 is 0 Å². The quantitative estimate of drug-likeness (QED) is 0.784. The smallest absolute Gasteiger partial charge is 0.414 e. The maximum absolute atomic E-state index is 11.8. The lowest BCUT2D eigenvalue weighted by Crippen LogP contribution is -2.42. The zero-order chi connectivity index (χ0) is 14.4. The van der Waals surface area contributed by atoms with Crippen molar-refractivity contribution in [2.45, 2.75) is 26.1 Å². The second kappa shape index (κ2) is 4.40. The van der Waals surface area contributed by atoms with Crippen molar-refractivity contribution in [3.05, 3.63) is 18.2 Å². The number of likely N-dealkylation sites (N-methyl/N-ethyl adjacent to an activating group) is 1. The third kappa shape index (κ3) is 1.88. The van der Waals surface area contributed by atoms with E-state index in [4.69, 9.17) is 9.47 Å². The van der Waals surface area contributed by atoms with Crippen molar-refractivity contribution in [2.75, 3.05) is 23.4 Å². The van der Waals surface area contributed by atoms with Gasteiger partial charge in [-0.3, -0.25) is 9.69 Å². The molecular weight excluding hydrogens is 260 g/mol. The maximum atomic E-state index is 11.8. The molecule has 6 nitrogen and oxygen atoms in total. The van der Waals surface area contributed by atoms with E-state index in [1.165, 1.54) is 0 Å². The number of amides is 2. The number of ether oxygens (including phenoxy) is 2. The first-order valence-electron chi connectivity index (χ1n) is 6.54. The zero-order valence-corrected chi connectivity index (χ0v) is 11.6. The summed E-state index contributed by atoms with van der Waals surface area (Å²) in [5.74, 6) is 0.518. The van der Waals surface area contributed by atoms with E-state index in [1.54, 1.807) is 42.0 Å². The highest BCUT2D eigenvalue weighted by Gasteiger charge is 2.32. The highest BCUT2D eigenvalue weighted by atomic mass is 16.6. The Morgan fingerprint density at radius 3 is 2.60 bits per heavy atom. The monoisotopic (exact) mass is 276 g/mol. The van der Waals surface area contributed by atoms with Crippen molar-refractivity contribution >= 4 is 23.4 Å². The topological polar surface area (TPSA) is 59.1 Å². The number of hydrogen-bond donors (Lipinski definition) is 0. The van der Waals surface area contributed by atoms with Crippen LogP contribution in [0, 0.1) is 0 Å². The van der Waals surface area contributed by atoms with Gasteiger partial charge >= 0.3 is 6.09 Å². The molecule has 2 aliphatic rings. The number of carbonyl (C=O) groups excluding carboxylic acids is 2. The minimum atomic E-state index is -0.521. The Morgan fingerprint density at radius 1 is 1.20 bits per heavy atom. The number of cyclic esters (lactones) is 1. The molecule has 2 heterocycles. The molecule has 0 aliphatic carbocycles. The molecule has 3 rings (SSSR count). The van der Waals surface area contributed by atoms with Crippen molar-refractivity contribution in [3.63, 3.8) is 0 Å². The fourth-order valence-electron chi connectivity index (χ4n) is 2.49. The van der Waals surface area contributed by atoms with Crippen LogP contribution in [0.15, 0.2) is 18.2 Å². The van der Waals surface area contributed by atoms with Crippen LogP contribution in [-0.4, -0.2) is 37.8 Å². The SMILES string of the molecule is CC1Oc2cc(N3C[C@H](C)OC3=O)ccc2N(C)C1=O. The summed E-state index contributed by atoms with van der Waals surface area (Å²) in [6.07, 6.45) is -0.999. The Hall–Kier alpha value is -2.24. The molecule has 1 aromatic rings. The van der Waals surface area contributed by atoms with Gasteiger partial charge in [-0.25, -0.2) is 4.79 Å². The van der Waals surface area contributed by atoms with Crippen LogP contribution in [0.5, 0.6) is 5.75 Å². The molecule has 6 heteroatoms. The second-order valence-electron chi connectivity index (χ2n) is 5.11. The lowest BCUT2D eigenvalue weighted by molar-refractivity contribution is -0.125. The van der Waals surface area contributed by atoms with Gasteiger partial charge in [-0.15, -0.1) is 0 Å². The molecule has 0 radical (unpaired) electrons. The number of carbonyl (C=O) groups is 2. The summed E-state index contributed by atoms with van der Waals surface area (Å²) in [5, 5.41) is 0. The summed E-state index contributed by atoms with van der Waals surface area (Å²) >= 11 is 0. The maximum Gasteiger partial charge on any atom is 0.414 e. The van der Waals surface area contributed by atoms with Gasteiger partial charge in [-0.1, -0.05) is 0 Å². The van der Waals surface area contributed by atoms with E-state index >= 15 is 0 Å². The molecule has 2 amide bonds. The van der Waals surface area contributed by atoms with Gasteiger partial charge in [0.1, 0.15) is 11.9 Å². The molecule has 2 aliphatic heterocycles. The Morgan fingerprint density at radius 2 is 1.95 bits per heavy atom. The van der Waals surface area contributed by atoms with Crippen molar-refractivity contribution < 1.29 is 19.1 Å². The van der Waals surface area contributed by atoms with Gasteiger partial charge in [0, 0.05) is 13.1 Å². The summed E-state index contributed by atoms with van der Waals surface area (Å²) in [6, 6.07) is 5.35. The number of fused-ring (bicyclic) bond motifs is 1. The summed E-state index contributed by atoms with van der Waals surface area (Å²) in [7, 11) is 1.71. The third-order valence-electron chi connectivity index (χ3n) is 3.56. The molecule has 1 saturated heterocycles. The van der Waals surface area contributed by atoms with Gasteiger partial charge in [0.05, 0.1) is 17.9 Å². The minimum Gasteiger partial charge on any atom is -0.479 e. The average Bonchev–Trinajstić information content (AvgIpc) is 2.74. The third-order valence-corrected chi connectivity index (χ3v) is 3.56. The summed E-state index contributed by atoms with van der Waals surface area (Å²) < 4.78 is 10.7. The van der Waals surface area contributed by atoms with Crippen molar-refractivity contribution in [2.24, 2.45) is 0 Å². The van der Waals surface area contributed by atoms with E-state index in [0.29, 0.717) is 23.7 Å². The van der Waals surface area contributed by atoms with E-state index < -0.39 is 6.10 Å². The van der Waals surface area contributed by atoms with Crippen molar-refractivity contribution in [1.82, 2.24) is 0 Å². The average molecular weight is 276 g/mol. The first-order chi connectivity index (χ1) is 9.47. The zero-order valence-electron chi connectivity index (χ0n) is 11.6. The lowest BCUT2D eigenvalue weighted by atomic mass is 10.1. The lowest BCUT2D eigenvalue weighted by Gasteiger charge is -2.31. The first kappa shape index (κ1) is 12.8. The van der Waals surface area contributed by atoms with Gasteiger partial charge in [0.2, 0.25) is 0 Å². The van der Waals surface area contributed by atoms with Gasteiger partial charge < -0.3 is 14.4 Å². The standard InChI is InChI=1S/C14H16N2O4/c1-8-7-16(14(18)19-8)10-4-5-11-12(6-10)20-9(2)13(17)15(11)3/h4-6,8-9H,7H2,1-3H3/t8-,9?/m0/s1. The van der Waals surface area contributed by atoms with Gasteiger partial charge in [0.25, 0.3) is 5.91 Å². The summed E-state index contributed by atoms with van der Waals surface area (Å²) in [4.78, 5) is 26.7. The fraction of sp³-hybridized carbons (Fsp3) is 0.429. The van der Waals surface area contributed by atoms with E-state index in [9.17, 15) is 9.59 Å². The Kier molecular flexibility index (Phi) is 2.81. The summed E-state index contributed by atoms with van der Waals surface area (Å²) in [6.45, 7) is 4.07. The largest absolute Gasteiger partial charge is 0.479 e. The van der Waals surface area contributed by atoms with Gasteiger partial charge in [-0.05, 0) is 26.0 Å². The van der Waals surface area contributed by atoms with E-state index in [-0.39, 0.29) is 18.1 Å². The van der Waals surface area contributed by atoms with Crippen LogP contribution in [0.1, 0.15) is 13.8 Å². The molecule has 0 N–H and O–H groups in total. The van der Waals surface area contributed by atoms with Crippen molar-refractivity contribution in [1.29, 1.82) is 0 Å². The van der Waals surface area contributed by atoms with Crippen LogP contribution in [0.4, 0.5) is 16.2 Å². The van der Waals surface area contributed by atoms with Crippen LogP contribution in [-0.2, 0) is 9.53 Å². The minimum absolute atomic E-state index is 0.0838. The highest BCUT2D eigenvalue weighted by Crippen LogP contribution is 2.37. The summed E-state index contributed by atoms with van der Waals surface area (Å²) in [5.41, 5.74) is 1.42. The number of hydrogen-bond acceptors (Lipinski definition) is 4. The van der Waals surface area contributed by atoms with Crippen LogP contribution in [0.3, 0.4) is 0 Å². The van der Waals surface area contributed by atoms with E-state index in [1.807, 2.05) is 6.92 Å². The Bertz CT molecular complexity index is 587. The van der Waals surface area contributed by atoms with Crippen LogP contribution < -0.4 is 14.5 Å². The van der Waals surface area contributed by atoms with E-state index in [2.05, 4.69) is 0 Å². The normalized spacial score (nSPS) is 25.4. The second-order valence-corrected chi connectivity index (χ2v) is 5.11. The van der Waals surface area contributed by atoms with Crippen molar-refractivity contribution in [3.8, 4) is 5.75 Å². The predicted molar refractivity (Wildman–Crippen MR) is 73.2 cm³/mol. The molecule has 106 valence electrons. The van der Waals surface area contributed by atoms with Gasteiger partial charge in [0.15, 0.2) is 6.10 Å². The Balaban J connectivity index is 1.96. The molecule has 1 fully saturated rings. The number of nitrogens with zero attached hydrogens (tertiary/aromatic N) is 2. The number of anilines is 2. The van der Waals surface area contributed by atoms with Gasteiger partial charge in [-0.2, -0.15) is 0 Å². The molecule has 20 heavy (non-hydrogen) atoms. The molecule has 2 atom stereocenters. The number of rotatable bonds is 1. The van der Waals surface area contributed by atoms with Crippen LogP contribution in [0.25, 0.3) is 0 Å². The molecule has 1 unspecified atom stereocenters. The molecule has 0 saturated carbocycles. The predicted octanol–water partition coefficient (Wildman–Crippen LogP) is 1.78. The fourth-order valence-corrected chi connectivity index (χ4v) is 2.49. The molecule has 1 aromatic carbocycles. The van der Waals surface area contributed by atoms with E-state index in [0.717, 1.165) is 0 Å². The first-order valence-corrected chi connectivity index (χ1v) is 6.54. The molecular formula is C14H16N2O4. The molecule has 0 bridgehead atoms.